The Hall–Kier alpha value is -2.65. The molecule has 3 saturated heterocycles. The van der Waals surface area contributed by atoms with Crippen molar-refractivity contribution < 1.29 is 19.1 Å². The Balaban J connectivity index is 1.18. The van der Waals surface area contributed by atoms with E-state index in [1.807, 2.05) is 52.3 Å². The number of fused-ring (bicyclic) bond motifs is 1. The minimum Gasteiger partial charge on any atom is -0.341 e. The van der Waals surface area contributed by atoms with Crippen molar-refractivity contribution in [1.82, 2.24) is 15.1 Å². The Labute approximate surface area is 215 Å². The van der Waals surface area contributed by atoms with Gasteiger partial charge in [0, 0.05) is 30.3 Å². The molecule has 36 heavy (non-hydrogen) atoms. The lowest BCUT2D eigenvalue weighted by molar-refractivity contribution is -0.285. The number of halogens is 1. The molecular weight excluding hydrogens is 480 g/mol. The summed E-state index contributed by atoms with van der Waals surface area (Å²) in [5.41, 5.74) is 3.41. The van der Waals surface area contributed by atoms with Gasteiger partial charge >= 0.3 is 6.03 Å². The first-order chi connectivity index (χ1) is 17.4. The molecule has 7 rings (SSSR count). The molecule has 4 fully saturated rings. The van der Waals surface area contributed by atoms with E-state index in [1.165, 1.54) is 12.8 Å². The summed E-state index contributed by atoms with van der Waals surface area (Å²) >= 11 is 6.21. The van der Waals surface area contributed by atoms with Crippen molar-refractivity contribution in [3.8, 4) is 0 Å². The molecule has 3 aliphatic heterocycles. The number of nitrogens with zero attached hydrogens (tertiary/aromatic N) is 2. The molecule has 8 nitrogen and oxygen atoms in total. The van der Waals surface area contributed by atoms with Crippen LogP contribution in [-0.2, 0) is 32.8 Å². The molecule has 5 aliphatic rings. The second-order valence-electron chi connectivity index (χ2n) is 10.3. The number of aryl methyl sites for hydroxylation is 1. The topological polar surface area (TPSA) is 83.1 Å². The van der Waals surface area contributed by atoms with E-state index in [0.29, 0.717) is 17.5 Å². The van der Waals surface area contributed by atoms with Gasteiger partial charge in [0.25, 0.3) is 0 Å². The molecule has 1 saturated carbocycles. The summed E-state index contributed by atoms with van der Waals surface area (Å²) in [7, 11) is 1.59. The lowest BCUT2D eigenvalue weighted by Gasteiger charge is -2.41. The number of carbonyl (C=O) groups is 2. The Kier molecular flexibility index (Phi) is 5.95. The fourth-order valence-electron chi connectivity index (χ4n) is 5.87. The van der Waals surface area contributed by atoms with E-state index < -0.39 is 12.0 Å². The maximum Gasteiger partial charge on any atom is 0.318 e. The van der Waals surface area contributed by atoms with Crippen molar-refractivity contribution in [3.05, 3.63) is 64.2 Å². The van der Waals surface area contributed by atoms with Crippen LogP contribution in [0.4, 0.5) is 10.5 Å². The van der Waals surface area contributed by atoms with E-state index in [0.717, 1.165) is 35.2 Å². The number of anilines is 1. The highest BCUT2D eigenvalue weighted by molar-refractivity contribution is 6.30. The highest BCUT2D eigenvalue weighted by Crippen LogP contribution is 2.56. The lowest BCUT2D eigenvalue weighted by atomic mass is 9.93. The van der Waals surface area contributed by atoms with Crippen LogP contribution in [0.3, 0.4) is 0 Å². The van der Waals surface area contributed by atoms with Gasteiger partial charge in [-0.05, 0) is 79.5 Å². The van der Waals surface area contributed by atoms with Gasteiger partial charge in [-0.3, -0.25) is 4.79 Å². The molecule has 2 N–H and O–H groups in total. The van der Waals surface area contributed by atoms with Gasteiger partial charge in [-0.1, -0.05) is 29.8 Å². The molecule has 4 atom stereocenters. The summed E-state index contributed by atoms with van der Waals surface area (Å²) in [5, 5.41) is 6.07. The highest BCUT2D eigenvalue weighted by Gasteiger charge is 2.66. The molecule has 190 valence electrons. The van der Waals surface area contributed by atoms with Crippen molar-refractivity contribution in [2.75, 3.05) is 18.9 Å². The van der Waals surface area contributed by atoms with E-state index >= 15 is 0 Å². The van der Waals surface area contributed by atoms with Gasteiger partial charge in [0.05, 0.1) is 6.54 Å². The molecule has 2 aliphatic carbocycles. The van der Waals surface area contributed by atoms with Gasteiger partial charge < -0.3 is 25.0 Å². The number of rotatable bonds is 7. The molecule has 9 heteroatoms. The van der Waals surface area contributed by atoms with E-state index in [1.54, 1.807) is 7.05 Å². The first-order valence-corrected chi connectivity index (χ1v) is 13.0. The van der Waals surface area contributed by atoms with Gasteiger partial charge in [-0.15, -0.1) is 0 Å². The molecule has 0 aromatic heterocycles. The van der Waals surface area contributed by atoms with E-state index in [2.05, 4.69) is 17.6 Å². The van der Waals surface area contributed by atoms with Gasteiger partial charge in [0.15, 0.2) is 6.23 Å². The Morgan fingerprint density at radius 2 is 2.08 bits per heavy atom. The zero-order valence-electron chi connectivity index (χ0n) is 20.5. The third kappa shape index (κ3) is 4.06. The predicted octanol–water partition coefficient (Wildman–Crippen LogP) is 4.03. The largest absolute Gasteiger partial charge is 0.341 e. The van der Waals surface area contributed by atoms with Crippen molar-refractivity contribution in [2.45, 2.75) is 63.4 Å². The fraction of sp³-hybridized carbons (Fsp3) is 0.481. The molecule has 2 unspecified atom stereocenters. The zero-order valence-corrected chi connectivity index (χ0v) is 21.3. The minimum atomic E-state index is -0.578. The Morgan fingerprint density at radius 3 is 2.83 bits per heavy atom. The quantitative estimate of drug-likeness (QED) is 0.587. The maximum atomic E-state index is 13.6. The smallest absolute Gasteiger partial charge is 0.318 e. The summed E-state index contributed by atoms with van der Waals surface area (Å²) in [6, 6.07) is 13.5. The van der Waals surface area contributed by atoms with Crippen LogP contribution in [0.25, 0.3) is 0 Å². The van der Waals surface area contributed by atoms with Crippen LogP contribution >= 0.6 is 11.6 Å². The Morgan fingerprint density at radius 1 is 1.25 bits per heavy atom. The molecular formula is C27H31ClN4O4. The number of ether oxygens (including phenoxy) is 2. The average molecular weight is 511 g/mol. The van der Waals surface area contributed by atoms with Crippen LogP contribution in [0.1, 0.15) is 42.9 Å². The summed E-state index contributed by atoms with van der Waals surface area (Å²) in [6.45, 7) is 2.94. The standard InChI is InChI=1S/C27H31ClN4O4/c1-16(18-6-7-18)31(14-17-4-3-5-20(28)12-17)23(33)15-32-24-27(36-26(32)35-24)11-10-19-13-21(8-9-22(19)27)30-25(34)29-2/h3-5,8-9,12-13,16,18,24,26H,6-7,10-11,14-15H2,1-2H3,(H2,29,30,34)/t16-,24?,26?,27+/m0/s1. The van der Waals surface area contributed by atoms with Crippen LogP contribution in [0.5, 0.6) is 0 Å². The van der Waals surface area contributed by atoms with Crippen molar-refractivity contribution >= 4 is 29.2 Å². The molecule has 0 radical (unpaired) electrons. The number of urea groups is 1. The fourth-order valence-corrected chi connectivity index (χ4v) is 6.09. The van der Waals surface area contributed by atoms with Gasteiger partial charge in [0.1, 0.15) is 5.60 Å². The second kappa shape index (κ2) is 9.03. The minimum absolute atomic E-state index is 0.0803. The first kappa shape index (κ1) is 23.7. The number of amides is 3. The number of benzene rings is 2. The summed E-state index contributed by atoms with van der Waals surface area (Å²) in [5.74, 6) is 0.635. The van der Waals surface area contributed by atoms with Crippen molar-refractivity contribution in [2.24, 2.45) is 5.92 Å². The molecule has 2 aromatic carbocycles. The van der Waals surface area contributed by atoms with Crippen LogP contribution in [-0.4, -0.2) is 54.0 Å². The second-order valence-corrected chi connectivity index (χ2v) is 10.7. The van der Waals surface area contributed by atoms with Crippen LogP contribution in [0.15, 0.2) is 42.5 Å². The van der Waals surface area contributed by atoms with Crippen molar-refractivity contribution in [1.29, 1.82) is 0 Å². The molecule has 3 heterocycles. The lowest BCUT2D eigenvalue weighted by Crippen LogP contribution is -2.59. The highest BCUT2D eigenvalue weighted by atomic mass is 35.5. The normalized spacial score (nSPS) is 26.9. The number of hydrogen-bond donors (Lipinski definition) is 2. The predicted molar refractivity (Wildman–Crippen MR) is 135 cm³/mol. The monoisotopic (exact) mass is 510 g/mol. The third-order valence-corrected chi connectivity index (χ3v) is 8.25. The van der Waals surface area contributed by atoms with Gasteiger partial charge in [-0.2, -0.15) is 0 Å². The molecule has 2 bridgehead atoms. The summed E-state index contributed by atoms with van der Waals surface area (Å²) in [6.07, 6.45) is 3.12. The number of carbonyl (C=O) groups excluding carboxylic acids is 2. The van der Waals surface area contributed by atoms with E-state index in [-0.39, 0.29) is 30.8 Å². The van der Waals surface area contributed by atoms with E-state index in [4.69, 9.17) is 21.1 Å². The number of nitrogens with one attached hydrogen (secondary N) is 2. The SMILES string of the molecule is CNC(=O)Nc1ccc2c(c1)CC[C@@]21OC2OC1N2CC(=O)N(Cc1cccc(Cl)c1)[C@@H](C)C1CC1. The summed E-state index contributed by atoms with van der Waals surface area (Å²) < 4.78 is 12.5. The zero-order chi connectivity index (χ0) is 25.0. The van der Waals surface area contributed by atoms with E-state index in [9.17, 15) is 9.59 Å². The van der Waals surface area contributed by atoms with Gasteiger partial charge in [0.2, 0.25) is 12.3 Å². The van der Waals surface area contributed by atoms with Crippen molar-refractivity contribution in [3.63, 3.8) is 0 Å². The Bertz CT molecular complexity index is 1200. The molecule has 2 aromatic rings. The molecule has 3 amide bonds. The van der Waals surface area contributed by atoms with Crippen LogP contribution in [0.2, 0.25) is 5.02 Å². The average Bonchev–Trinajstić information content (AvgIpc) is 3.47. The van der Waals surface area contributed by atoms with Gasteiger partial charge in [-0.25, -0.2) is 9.69 Å². The van der Waals surface area contributed by atoms with Crippen LogP contribution in [0, 0.1) is 5.92 Å². The third-order valence-electron chi connectivity index (χ3n) is 8.02. The summed E-state index contributed by atoms with van der Waals surface area (Å²) in [4.78, 5) is 29.4. The molecule has 1 spiro atoms. The maximum absolute atomic E-state index is 13.6. The van der Waals surface area contributed by atoms with Crippen LogP contribution < -0.4 is 10.6 Å². The first-order valence-electron chi connectivity index (χ1n) is 12.6. The number of hydrogen-bond acceptors (Lipinski definition) is 5.